The average molecular weight is 339 g/mol. The standard InChI is InChI=1S/C20H21NO4/c1-24-17-10-14-15(11-18(17)25-2)20(23)9-8-16(14)21(19(20)22)12-13-6-4-3-5-7-13/h3-7,10-11,16,23H,8-9,12H2,1-2H3. The monoisotopic (exact) mass is 339 g/mol. The van der Waals surface area contributed by atoms with Gasteiger partial charge >= 0.3 is 0 Å². The van der Waals surface area contributed by atoms with Crippen molar-refractivity contribution in [2.75, 3.05) is 14.2 Å². The molecule has 0 radical (unpaired) electrons. The zero-order valence-corrected chi connectivity index (χ0v) is 14.4. The molecule has 1 N–H and O–H groups in total. The Morgan fingerprint density at radius 3 is 2.52 bits per heavy atom. The predicted molar refractivity (Wildman–Crippen MR) is 92.4 cm³/mol. The minimum absolute atomic E-state index is 0.0588. The summed E-state index contributed by atoms with van der Waals surface area (Å²) >= 11 is 0. The van der Waals surface area contributed by atoms with Gasteiger partial charge in [0.25, 0.3) is 5.91 Å². The molecule has 130 valence electrons. The number of aliphatic hydroxyl groups is 1. The van der Waals surface area contributed by atoms with E-state index in [2.05, 4.69) is 0 Å². The summed E-state index contributed by atoms with van der Waals surface area (Å²) in [7, 11) is 3.14. The fourth-order valence-electron chi connectivity index (χ4n) is 4.05. The van der Waals surface area contributed by atoms with Gasteiger partial charge in [0.15, 0.2) is 17.1 Å². The van der Waals surface area contributed by atoms with Crippen LogP contribution in [0.5, 0.6) is 11.5 Å². The van der Waals surface area contributed by atoms with Gasteiger partial charge in [-0.2, -0.15) is 0 Å². The van der Waals surface area contributed by atoms with E-state index in [4.69, 9.17) is 9.47 Å². The van der Waals surface area contributed by atoms with E-state index in [0.29, 0.717) is 30.0 Å². The Balaban J connectivity index is 1.80. The maximum atomic E-state index is 13.0. The van der Waals surface area contributed by atoms with E-state index in [1.807, 2.05) is 36.4 Å². The average Bonchev–Trinajstić information content (AvgIpc) is 2.65. The van der Waals surface area contributed by atoms with E-state index in [9.17, 15) is 9.90 Å². The Kier molecular flexibility index (Phi) is 3.69. The van der Waals surface area contributed by atoms with Crippen LogP contribution in [-0.2, 0) is 16.9 Å². The summed E-state index contributed by atoms with van der Waals surface area (Å²) in [6.07, 6.45) is 1.17. The van der Waals surface area contributed by atoms with Gasteiger partial charge in [-0.1, -0.05) is 30.3 Å². The van der Waals surface area contributed by atoms with E-state index >= 15 is 0 Å². The second kappa shape index (κ2) is 5.77. The van der Waals surface area contributed by atoms with E-state index in [0.717, 1.165) is 17.5 Å². The van der Waals surface area contributed by atoms with Crippen LogP contribution in [0.2, 0.25) is 0 Å². The maximum absolute atomic E-state index is 13.0. The van der Waals surface area contributed by atoms with Crippen molar-refractivity contribution in [3.05, 3.63) is 59.2 Å². The van der Waals surface area contributed by atoms with E-state index < -0.39 is 5.60 Å². The number of amides is 1. The number of piperidine rings is 1. The molecule has 2 heterocycles. The number of rotatable bonds is 4. The van der Waals surface area contributed by atoms with Crippen LogP contribution < -0.4 is 9.47 Å². The molecule has 1 aliphatic carbocycles. The Bertz CT molecular complexity index is 820. The summed E-state index contributed by atoms with van der Waals surface area (Å²) in [5, 5.41) is 11.2. The predicted octanol–water partition coefficient (Wildman–Crippen LogP) is 2.77. The second-order valence-electron chi connectivity index (χ2n) is 6.63. The molecule has 5 nitrogen and oxygen atoms in total. The molecular weight excluding hydrogens is 318 g/mol. The third-order valence-electron chi connectivity index (χ3n) is 5.33. The molecule has 0 saturated carbocycles. The summed E-state index contributed by atoms with van der Waals surface area (Å²) in [5.74, 6) is 0.918. The number of ether oxygens (including phenoxy) is 2. The summed E-state index contributed by atoms with van der Waals surface area (Å²) in [5.41, 5.74) is 1.16. The van der Waals surface area contributed by atoms with Crippen molar-refractivity contribution in [1.82, 2.24) is 4.90 Å². The molecule has 5 heteroatoms. The van der Waals surface area contributed by atoms with E-state index in [1.54, 1.807) is 25.2 Å². The lowest BCUT2D eigenvalue weighted by Crippen LogP contribution is -2.56. The number of hydrogen-bond donors (Lipinski definition) is 1. The number of methoxy groups -OCH3 is 2. The first kappa shape index (κ1) is 16.0. The van der Waals surface area contributed by atoms with Crippen molar-refractivity contribution in [3.8, 4) is 11.5 Å². The largest absolute Gasteiger partial charge is 0.493 e. The zero-order valence-electron chi connectivity index (χ0n) is 14.4. The molecule has 0 aromatic heterocycles. The molecule has 2 bridgehead atoms. The molecule has 25 heavy (non-hydrogen) atoms. The van der Waals surface area contributed by atoms with Gasteiger partial charge in [-0.3, -0.25) is 4.79 Å². The first-order valence-corrected chi connectivity index (χ1v) is 8.42. The summed E-state index contributed by atoms with van der Waals surface area (Å²) < 4.78 is 10.8. The molecule has 2 atom stereocenters. The lowest BCUT2D eigenvalue weighted by Gasteiger charge is -2.50. The summed E-state index contributed by atoms with van der Waals surface area (Å²) in [6, 6.07) is 13.4. The SMILES string of the molecule is COc1cc2c(cc1OC)C1(O)CCC2N(Cc2ccccc2)C1=O. The normalized spacial score (nSPS) is 24.2. The number of carbonyl (C=O) groups excluding carboxylic acids is 1. The van der Waals surface area contributed by atoms with E-state index in [1.165, 1.54) is 0 Å². The van der Waals surface area contributed by atoms with Gasteiger partial charge in [-0.15, -0.1) is 0 Å². The Morgan fingerprint density at radius 2 is 1.84 bits per heavy atom. The Morgan fingerprint density at radius 1 is 1.16 bits per heavy atom. The van der Waals surface area contributed by atoms with Gasteiger partial charge in [-0.25, -0.2) is 0 Å². The minimum atomic E-state index is -1.49. The molecule has 1 saturated heterocycles. The Hall–Kier alpha value is -2.53. The van der Waals surface area contributed by atoms with Crippen LogP contribution in [0.25, 0.3) is 0 Å². The van der Waals surface area contributed by atoms with Gasteiger partial charge < -0.3 is 19.5 Å². The quantitative estimate of drug-likeness (QED) is 0.930. The van der Waals surface area contributed by atoms with Crippen LogP contribution >= 0.6 is 0 Å². The first-order valence-electron chi connectivity index (χ1n) is 8.42. The van der Waals surface area contributed by atoms with E-state index in [-0.39, 0.29) is 11.9 Å². The smallest absolute Gasteiger partial charge is 0.260 e. The highest BCUT2D eigenvalue weighted by Gasteiger charge is 2.54. The topological polar surface area (TPSA) is 59.0 Å². The zero-order chi connectivity index (χ0) is 17.6. The van der Waals surface area contributed by atoms with Crippen LogP contribution in [-0.4, -0.2) is 30.1 Å². The fourth-order valence-corrected chi connectivity index (χ4v) is 4.05. The highest BCUT2D eigenvalue weighted by Crippen LogP contribution is 2.52. The van der Waals surface area contributed by atoms with Gasteiger partial charge in [0.1, 0.15) is 0 Å². The molecule has 1 amide bonds. The van der Waals surface area contributed by atoms with Gasteiger partial charge in [0.2, 0.25) is 0 Å². The molecule has 2 unspecified atom stereocenters. The molecule has 2 aromatic rings. The molecule has 5 rings (SSSR count). The van der Waals surface area contributed by atoms with Crippen LogP contribution in [0, 0.1) is 0 Å². The lowest BCUT2D eigenvalue weighted by atomic mass is 9.70. The van der Waals surface area contributed by atoms with Crippen molar-refractivity contribution in [3.63, 3.8) is 0 Å². The number of benzene rings is 2. The van der Waals surface area contributed by atoms with Crippen LogP contribution in [0.4, 0.5) is 0 Å². The molecule has 2 aromatic carbocycles. The van der Waals surface area contributed by atoms with Gasteiger partial charge in [-0.05, 0) is 36.1 Å². The van der Waals surface area contributed by atoms with Crippen molar-refractivity contribution in [2.45, 2.75) is 31.0 Å². The van der Waals surface area contributed by atoms with Crippen LogP contribution in [0.1, 0.15) is 35.6 Å². The number of carbonyl (C=O) groups is 1. The van der Waals surface area contributed by atoms with Crippen molar-refractivity contribution in [1.29, 1.82) is 0 Å². The number of hydrogen-bond acceptors (Lipinski definition) is 4. The van der Waals surface area contributed by atoms with Crippen molar-refractivity contribution in [2.24, 2.45) is 0 Å². The molecular formula is C20H21NO4. The fraction of sp³-hybridized carbons (Fsp3) is 0.350. The highest BCUT2D eigenvalue weighted by atomic mass is 16.5. The molecule has 1 fully saturated rings. The third kappa shape index (κ3) is 2.30. The van der Waals surface area contributed by atoms with Crippen molar-refractivity contribution < 1.29 is 19.4 Å². The van der Waals surface area contributed by atoms with Gasteiger partial charge in [0, 0.05) is 12.1 Å². The minimum Gasteiger partial charge on any atom is -0.493 e. The molecule has 2 aliphatic heterocycles. The van der Waals surface area contributed by atoms with Crippen LogP contribution in [0.3, 0.4) is 0 Å². The summed E-state index contributed by atoms with van der Waals surface area (Å²) in [6.45, 7) is 0.487. The lowest BCUT2D eigenvalue weighted by molar-refractivity contribution is -0.168. The maximum Gasteiger partial charge on any atom is 0.260 e. The number of fused-ring (bicyclic) bond motifs is 2. The highest BCUT2D eigenvalue weighted by molar-refractivity contribution is 5.90. The molecule has 3 aliphatic rings. The molecule has 0 spiro atoms. The van der Waals surface area contributed by atoms with Crippen molar-refractivity contribution >= 4 is 5.91 Å². The van der Waals surface area contributed by atoms with Crippen LogP contribution in [0.15, 0.2) is 42.5 Å². The third-order valence-corrected chi connectivity index (χ3v) is 5.33. The number of nitrogens with zero attached hydrogens (tertiary/aromatic N) is 1. The van der Waals surface area contributed by atoms with Gasteiger partial charge in [0.05, 0.1) is 20.3 Å². The Labute approximate surface area is 146 Å². The first-order chi connectivity index (χ1) is 12.1. The second-order valence-corrected chi connectivity index (χ2v) is 6.63. The summed E-state index contributed by atoms with van der Waals surface area (Å²) in [4.78, 5) is 14.8.